The molecule has 1 saturated heterocycles. The molecule has 1 aliphatic rings. The molecule has 0 spiro atoms. The Labute approximate surface area is 60.4 Å². The van der Waals surface area contributed by atoms with E-state index < -0.39 is 7.60 Å². The fourth-order valence-corrected chi connectivity index (χ4v) is 1.86. The van der Waals surface area contributed by atoms with Crippen LogP contribution in [0.2, 0.25) is 0 Å². The summed E-state index contributed by atoms with van der Waals surface area (Å²) in [5.74, 6) is 0. The van der Waals surface area contributed by atoms with E-state index in [4.69, 9.17) is 9.05 Å². The molecule has 0 aliphatic carbocycles. The Morgan fingerprint density at radius 2 is 1.90 bits per heavy atom. The maximum atomic E-state index is 11.4. The largest absolute Gasteiger partial charge is 0.335 e. The molecule has 0 unspecified atom stereocenters. The van der Waals surface area contributed by atoms with Gasteiger partial charge in [-0.3, -0.25) is 18.9 Å². The molecule has 1 rings (SSSR count). The van der Waals surface area contributed by atoms with Crippen LogP contribution in [0.4, 0.5) is 0 Å². The van der Waals surface area contributed by atoms with E-state index in [1.54, 1.807) is 0 Å². The van der Waals surface area contributed by atoms with Crippen molar-refractivity contribution in [3.63, 3.8) is 0 Å². The normalized spacial score (nSPS) is 25.1. The summed E-state index contributed by atoms with van der Waals surface area (Å²) in [6.45, 7) is 4.31. The van der Waals surface area contributed by atoms with Crippen molar-refractivity contribution in [2.24, 2.45) is 0 Å². The molecule has 0 bridgehead atoms. The highest BCUT2D eigenvalue weighted by Gasteiger charge is 2.31. The molecular formula is C5H12NO3P. The van der Waals surface area contributed by atoms with Gasteiger partial charge in [-0.05, 0) is 0 Å². The van der Waals surface area contributed by atoms with Gasteiger partial charge in [-0.25, -0.2) is 0 Å². The molecule has 10 heavy (non-hydrogen) atoms. The maximum absolute atomic E-state index is 11.4. The van der Waals surface area contributed by atoms with Crippen LogP contribution in [0.25, 0.3) is 0 Å². The first-order valence-corrected chi connectivity index (χ1v) is 4.86. The minimum atomic E-state index is -2.75. The number of hydrogen-bond donors (Lipinski definition) is 1. The third kappa shape index (κ3) is 1.58. The Morgan fingerprint density at radius 3 is 2.20 bits per heavy atom. The number of rotatable bonds is 1. The molecule has 0 aromatic heterocycles. The first-order valence-electron chi connectivity index (χ1n) is 3.25. The second-order valence-electron chi connectivity index (χ2n) is 2.43. The van der Waals surface area contributed by atoms with Gasteiger partial charge in [-0.2, -0.15) is 0 Å². The van der Waals surface area contributed by atoms with Crippen molar-refractivity contribution in [3.8, 4) is 0 Å². The van der Waals surface area contributed by atoms with Crippen molar-refractivity contribution in [2.75, 3.05) is 13.5 Å². The summed E-state index contributed by atoms with van der Waals surface area (Å²) in [5, 5.41) is 2.78. The Hall–Kier alpha value is 0.110. The van der Waals surface area contributed by atoms with Crippen LogP contribution in [0.15, 0.2) is 0 Å². The highest BCUT2D eigenvalue weighted by atomic mass is 31.2. The minimum Gasteiger partial charge on any atom is -0.293 e. The van der Waals surface area contributed by atoms with E-state index in [1.807, 2.05) is 13.8 Å². The SMILES string of the molecule is CC(C)P1(=O)OCNCO1. The topological polar surface area (TPSA) is 47.6 Å². The molecular weight excluding hydrogens is 153 g/mol. The summed E-state index contributed by atoms with van der Waals surface area (Å²) in [7, 11) is -2.75. The summed E-state index contributed by atoms with van der Waals surface area (Å²) in [5.41, 5.74) is -0.0467. The van der Waals surface area contributed by atoms with Crippen molar-refractivity contribution in [3.05, 3.63) is 0 Å². The monoisotopic (exact) mass is 165 g/mol. The van der Waals surface area contributed by atoms with Crippen molar-refractivity contribution in [1.82, 2.24) is 5.32 Å². The van der Waals surface area contributed by atoms with E-state index in [2.05, 4.69) is 5.32 Å². The first-order chi connectivity index (χ1) is 4.65. The summed E-state index contributed by atoms with van der Waals surface area (Å²) in [6, 6.07) is 0. The molecule has 1 fully saturated rings. The average molecular weight is 165 g/mol. The van der Waals surface area contributed by atoms with E-state index in [9.17, 15) is 4.57 Å². The standard InChI is InChI=1S/C5H12NO3P/c1-5(2)10(7)8-3-6-4-9-10/h5-6H,3-4H2,1-2H3. The van der Waals surface area contributed by atoms with Gasteiger partial charge in [0.1, 0.15) is 13.5 Å². The third-order valence-electron chi connectivity index (χ3n) is 1.33. The molecule has 1 heterocycles. The zero-order valence-electron chi connectivity index (χ0n) is 6.16. The zero-order valence-corrected chi connectivity index (χ0v) is 7.06. The molecule has 0 aromatic carbocycles. The molecule has 0 atom stereocenters. The van der Waals surface area contributed by atoms with Crippen LogP contribution in [-0.2, 0) is 13.6 Å². The van der Waals surface area contributed by atoms with E-state index in [1.165, 1.54) is 0 Å². The molecule has 0 amide bonds. The fourth-order valence-electron chi connectivity index (χ4n) is 0.648. The Balaban J connectivity index is 2.57. The number of nitrogens with one attached hydrogen (secondary N) is 1. The van der Waals surface area contributed by atoms with Crippen molar-refractivity contribution >= 4 is 7.60 Å². The molecule has 60 valence electrons. The molecule has 0 saturated carbocycles. The van der Waals surface area contributed by atoms with E-state index in [0.29, 0.717) is 13.5 Å². The second-order valence-corrected chi connectivity index (χ2v) is 5.06. The van der Waals surface area contributed by atoms with Gasteiger partial charge in [0.05, 0.1) is 5.66 Å². The maximum Gasteiger partial charge on any atom is 0.335 e. The van der Waals surface area contributed by atoms with Crippen LogP contribution in [0, 0.1) is 0 Å². The van der Waals surface area contributed by atoms with Crippen LogP contribution in [0.5, 0.6) is 0 Å². The summed E-state index contributed by atoms with van der Waals surface area (Å²) in [4.78, 5) is 0. The van der Waals surface area contributed by atoms with Gasteiger partial charge in [0.2, 0.25) is 0 Å². The lowest BCUT2D eigenvalue weighted by Crippen LogP contribution is -2.28. The summed E-state index contributed by atoms with van der Waals surface area (Å²) >= 11 is 0. The Bertz CT molecular complexity index is 149. The third-order valence-corrected chi connectivity index (χ3v) is 3.57. The number of hydrogen-bond acceptors (Lipinski definition) is 4. The first kappa shape index (κ1) is 8.21. The van der Waals surface area contributed by atoms with E-state index in [-0.39, 0.29) is 5.66 Å². The lowest BCUT2D eigenvalue weighted by molar-refractivity contribution is 0.115. The lowest BCUT2D eigenvalue weighted by Gasteiger charge is -2.26. The fraction of sp³-hybridized carbons (Fsp3) is 1.00. The van der Waals surface area contributed by atoms with Crippen LogP contribution < -0.4 is 5.32 Å². The minimum absolute atomic E-state index is 0.0467. The Kier molecular flexibility index (Phi) is 2.47. The average Bonchev–Trinajstić information content (AvgIpc) is 1.89. The highest BCUT2D eigenvalue weighted by Crippen LogP contribution is 2.53. The van der Waals surface area contributed by atoms with Crippen molar-refractivity contribution < 1.29 is 13.6 Å². The molecule has 1 aliphatic heterocycles. The van der Waals surface area contributed by atoms with Crippen LogP contribution in [0.3, 0.4) is 0 Å². The zero-order chi connectivity index (χ0) is 7.61. The van der Waals surface area contributed by atoms with Gasteiger partial charge < -0.3 is 0 Å². The van der Waals surface area contributed by atoms with Crippen molar-refractivity contribution in [1.29, 1.82) is 0 Å². The molecule has 0 radical (unpaired) electrons. The molecule has 1 N–H and O–H groups in total. The van der Waals surface area contributed by atoms with Crippen LogP contribution in [-0.4, -0.2) is 19.1 Å². The van der Waals surface area contributed by atoms with Crippen molar-refractivity contribution in [2.45, 2.75) is 19.5 Å². The van der Waals surface area contributed by atoms with Gasteiger partial charge in [-0.15, -0.1) is 0 Å². The van der Waals surface area contributed by atoms with Crippen LogP contribution >= 0.6 is 7.60 Å². The second kappa shape index (κ2) is 3.01. The summed E-state index contributed by atoms with van der Waals surface area (Å²) < 4.78 is 21.3. The summed E-state index contributed by atoms with van der Waals surface area (Å²) in [6.07, 6.45) is 0. The van der Waals surface area contributed by atoms with Crippen LogP contribution in [0.1, 0.15) is 13.8 Å². The molecule has 0 aromatic rings. The van der Waals surface area contributed by atoms with Gasteiger partial charge >= 0.3 is 7.60 Å². The van der Waals surface area contributed by atoms with E-state index >= 15 is 0 Å². The van der Waals surface area contributed by atoms with Gasteiger partial charge in [0.15, 0.2) is 0 Å². The molecule has 4 nitrogen and oxygen atoms in total. The Morgan fingerprint density at radius 1 is 1.40 bits per heavy atom. The van der Waals surface area contributed by atoms with Gasteiger partial charge in [-0.1, -0.05) is 13.8 Å². The lowest BCUT2D eigenvalue weighted by atomic mass is 10.6. The molecule has 5 heteroatoms. The van der Waals surface area contributed by atoms with Gasteiger partial charge in [0, 0.05) is 0 Å². The highest BCUT2D eigenvalue weighted by molar-refractivity contribution is 7.54. The van der Waals surface area contributed by atoms with E-state index in [0.717, 1.165) is 0 Å². The predicted octanol–water partition coefficient (Wildman–Crippen LogP) is 1.14. The predicted molar refractivity (Wildman–Crippen MR) is 37.8 cm³/mol. The van der Waals surface area contributed by atoms with Gasteiger partial charge in [0.25, 0.3) is 0 Å². The smallest absolute Gasteiger partial charge is 0.293 e. The quantitative estimate of drug-likeness (QED) is 0.592.